The first-order chi connectivity index (χ1) is 31.2. The van der Waals surface area contributed by atoms with Crippen molar-refractivity contribution in [3.63, 3.8) is 0 Å². The predicted molar refractivity (Wildman–Crippen MR) is 242 cm³/mol. The van der Waals surface area contributed by atoms with Gasteiger partial charge in [-0.15, -0.1) is 0 Å². The zero-order valence-corrected chi connectivity index (χ0v) is 37.1. The number of aryl methyl sites for hydroxylation is 4. The Kier molecular flexibility index (Phi) is 13.4. The number of carbonyl (C=O) groups excluding carboxylic acids is 5. The van der Waals surface area contributed by atoms with Crippen molar-refractivity contribution in [2.45, 2.75) is 53.9 Å². The zero-order valence-electron chi connectivity index (χ0n) is 37.1. The highest BCUT2D eigenvalue weighted by Gasteiger charge is 2.24. The topological polar surface area (TPSA) is 258 Å². The van der Waals surface area contributed by atoms with Crippen LogP contribution in [0.3, 0.4) is 0 Å². The lowest BCUT2D eigenvalue weighted by atomic mass is 10.1. The van der Waals surface area contributed by atoms with E-state index in [1.807, 2.05) is 44.0 Å². The molecule has 0 spiro atoms. The van der Waals surface area contributed by atoms with Gasteiger partial charge >= 0.3 is 0 Å². The number of carbonyl (C=O) groups is 5. The first kappa shape index (κ1) is 45.2. The summed E-state index contributed by atoms with van der Waals surface area (Å²) in [6.45, 7) is 10.8. The molecule has 65 heavy (non-hydrogen) atoms. The summed E-state index contributed by atoms with van der Waals surface area (Å²) >= 11 is 0. The van der Waals surface area contributed by atoms with Gasteiger partial charge in [-0.3, -0.25) is 48.9 Å². The summed E-state index contributed by atoms with van der Waals surface area (Å²) in [7, 11) is 3.36. The van der Waals surface area contributed by atoms with Gasteiger partial charge in [0.2, 0.25) is 29.6 Å². The molecule has 1 fully saturated rings. The van der Waals surface area contributed by atoms with Crippen molar-refractivity contribution in [1.82, 2.24) is 48.5 Å². The third-order valence-corrected chi connectivity index (χ3v) is 10.8. The molecule has 1 aliphatic rings. The maximum absolute atomic E-state index is 13.8. The number of aromatic nitrogens is 8. The molecule has 340 valence electrons. The molecule has 1 saturated heterocycles. The van der Waals surface area contributed by atoms with Gasteiger partial charge in [0, 0.05) is 56.9 Å². The number of nitrogens with zero attached hydrogens (tertiary/aromatic N) is 10. The van der Waals surface area contributed by atoms with E-state index in [9.17, 15) is 24.0 Å². The number of nitrogens with one attached hydrogen (secondary N) is 2. The number of nitrogens with two attached hydrogens (primary N) is 2. The molecule has 1 aliphatic heterocycles. The van der Waals surface area contributed by atoms with E-state index in [2.05, 4.69) is 20.8 Å². The lowest BCUT2D eigenvalue weighted by Gasteiger charge is -2.31. The van der Waals surface area contributed by atoms with Gasteiger partial charge in [-0.25, -0.2) is 9.97 Å². The highest BCUT2D eigenvalue weighted by atomic mass is 16.5. The number of fused-ring (bicyclic) bond motifs is 2. The summed E-state index contributed by atoms with van der Waals surface area (Å²) in [6, 6.07) is 9.44. The van der Waals surface area contributed by atoms with E-state index in [0.717, 1.165) is 6.54 Å². The Bertz CT molecular complexity index is 2880. The number of hydrogen-bond donors (Lipinski definition) is 4. The Labute approximate surface area is 373 Å². The van der Waals surface area contributed by atoms with Gasteiger partial charge in [0.05, 0.1) is 36.1 Å². The Morgan fingerprint density at radius 2 is 1.20 bits per heavy atom. The van der Waals surface area contributed by atoms with Crippen molar-refractivity contribution in [1.29, 1.82) is 0 Å². The number of rotatable bonds is 18. The number of allylic oxidation sites excluding steroid dienone is 2. The number of methoxy groups -OCH3 is 1. The highest BCUT2D eigenvalue weighted by Crippen LogP contribution is 2.33. The van der Waals surface area contributed by atoms with Gasteiger partial charge in [0.25, 0.3) is 11.8 Å². The molecule has 7 rings (SSSR count). The lowest BCUT2D eigenvalue weighted by Crippen LogP contribution is -2.48. The van der Waals surface area contributed by atoms with Crippen LogP contribution in [0.2, 0.25) is 0 Å². The van der Waals surface area contributed by atoms with Crippen LogP contribution < -0.4 is 31.6 Å². The largest absolute Gasteiger partial charge is 0.494 e. The summed E-state index contributed by atoms with van der Waals surface area (Å²) in [6.07, 6.45) is 7.29. The molecule has 21 heteroatoms. The molecule has 0 bridgehead atoms. The normalized spacial score (nSPS) is 13.4. The maximum atomic E-state index is 13.8. The molecule has 0 atom stereocenters. The second kappa shape index (κ2) is 19.3. The molecule has 6 aromatic rings. The molecule has 0 saturated carbocycles. The molecule has 0 unspecified atom stereocenters. The number of primary amides is 2. The average Bonchev–Trinajstić information content (AvgIpc) is 4.04. The van der Waals surface area contributed by atoms with Gasteiger partial charge < -0.3 is 35.0 Å². The molecular formula is C44H52N14O7. The van der Waals surface area contributed by atoms with E-state index in [-0.39, 0.29) is 54.4 Å². The van der Waals surface area contributed by atoms with E-state index in [0.29, 0.717) is 83.3 Å². The number of piperazine rings is 1. The zero-order chi connectivity index (χ0) is 46.5. The van der Waals surface area contributed by atoms with Gasteiger partial charge in [-0.1, -0.05) is 18.2 Å². The third kappa shape index (κ3) is 9.74. The molecule has 0 radical (unpaired) electrons. The quantitative estimate of drug-likeness (QED) is 0.0909. The molecule has 5 amide bonds. The van der Waals surface area contributed by atoms with Crippen molar-refractivity contribution in [3.8, 4) is 11.5 Å². The minimum absolute atomic E-state index is 0.0395. The van der Waals surface area contributed by atoms with E-state index >= 15 is 0 Å². The molecule has 5 heterocycles. The number of likely N-dealkylation sites (N-methyl/N-ethyl adjacent to an activating group) is 1. The maximum Gasteiger partial charge on any atom is 0.276 e. The Hall–Kier alpha value is -7.81. The van der Waals surface area contributed by atoms with E-state index in [1.54, 1.807) is 55.5 Å². The van der Waals surface area contributed by atoms with E-state index in [4.69, 9.17) is 30.9 Å². The van der Waals surface area contributed by atoms with Crippen molar-refractivity contribution in [2.24, 2.45) is 11.5 Å². The molecular weight excluding hydrogens is 837 g/mol. The summed E-state index contributed by atoms with van der Waals surface area (Å²) in [5.74, 6) is -1.36. The smallest absolute Gasteiger partial charge is 0.276 e. The number of ether oxygens (including phenoxy) is 2. The summed E-state index contributed by atoms with van der Waals surface area (Å²) in [5, 5.41) is 14.7. The number of benzene rings is 2. The van der Waals surface area contributed by atoms with Crippen molar-refractivity contribution in [3.05, 3.63) is 94.6 Å². The van der Waals surface area contributed by atoms with Crippen molar-refractivity contribution in [2.75, 3.05) is 57.6 Å². The Morgan fingerprint density at radius 3 is 1.68 bits per heavy atom. The second-order valence-corrected chi connectivity index (χ2v) is 15.4. The summed E-state index contributed by atoms with van der Waals surface area (Å²) in [4.78, 5) is 78.0. The molecule has 0 aliphatic carbocycles. The second-order valence-electron chi connectivity index (χ2n) is 15.4. The van der Waals surface area contributed by atoms with Gasteiger partial charge in [-0.05, 0) is 77.2 Å². The minimum atomic E-state index is -0.702. The number of hydrogen-bond acceptors (Lipinski definition) is 12. The van der Waals surface area contributed by atoms with Crippen LogP contribution in [-0.4, -0.2) is 125 Å². The van der Waals surface area contributed by atoms with Gasteiger partial charge in [-0.2, -0.15) is 10.2 Å². The predicted octanol–water partition coefficient (Wildman–Crippen LogP) is 3.11. The fourth-order valence-electron chi connectivity index (χ4n) is 7.61. The van der Waals surface area contributed by atoms with Crippen LogP contribution in [0.1, 0.15) is 66.9 Å². The first-order valence-corrected chi connectivity index (χ1v) is 21.0. The van der Waals surface area contributed by atoms with Crippen LogP contribution in [0.4, 0.5) is 11.9 Å². The fourth-order valence-corrected chi connectivity index (χ4v) is 7.61. The summed E-state index contributed by atoms with van der Waals surface area (Å²) < 4.78 is 18.6. The average molecular weight is 889 g/mol. The minimum Gasteiger partial charge on any atom is -0.494 e. The third-order valence-electron chi connectivity index (χ3n) is 10.8. The SMILES string of the molecule is CCn1nc(C)cc1C(=O)Nc1nc2cc(C(N)=O)cc(OC)c2n1C/C=C/Cn1c(NC(=O)c2cc(C)nn2CC)nc2cc(C(N)=O)cc(OC/C=C\CN3CCN(C)CC3=O)c21. The van der Waals surface area contributed by atoms with Gasteiger partial charge in [0.1, 0.15) is 40.5 Å². The van der Waals surface area contributed by atoms with Gasteiger partial charge in [0.15, 0.2) is 0 Å². The number of imidazole rings is 2. The molecule has 2 aromatic carbocycles. The van der Waals surface area contributed by atoms with Crippen molar-refractivity contribution >= 4 is 63.5 Å². The number of amides is 5. The first-order valence-electron chi connectivity index (χ1n) is 21.0. The van der Waals surface area contributed by atoms with Crippen LogP contribution >= 0.6 is 0 Å². The van der Waals surface area contributed by atoms with Crippen molar-refractivity contribution < 1.29 is 33.4 Å². The molecule has 4 aromatic heterocycles. The van der Waals surface area contributed by atoms with Crippen LogP contribution in [0.25, 0.3) is 22.1 Å². The van der Waals surface area contributed by atoms with Crippen LogP contribution in [-0.2, 0) is 31.0 Å². The monoisotopic (exact) mass is 888 g/mol. The number of anilines is 2. The molecule has 21 nitrogen and oxygen atoms in total. The Balaban J connectivity index is 1.24. The lowest BCUT2D eigenvalue weighted by molar-refractivity contribution is -0.134. The Morgan fingerprint density at radius 1 is 0.708 bits per heavy atom. The van der Waals surface area contributed by atoms with Crippen LogP contribution in [0.5, 0.6) is 11.5 Å². The fraction of sp³-hybridized carbons (Fsp3) is 0.341. The molecule has 6 N–H and O–H groups in total. The standard InChI is InChI=1S/C44H52N14O7/c1-7-57-32(19-26(3)51-57)41(62)49-43-47-30-21-28(39(45)60)23-34(64-6)37(30)55(43)14-9-10-15-56-38-31(48-44(56)50-42(63)33-20-27(4)52-58(33)8-2)22-29(40(46)61)24-35(38)65-18-12-11-13-54-17-16-53(5)25-36(54)59/h9-12,19-24H,7-8,13-18,25H2,1-6H3,(H2,45,60)(H2,46,61)(H,47,49,62)(H,48,50,63)/b10-9+,12-11-. The van der Waals surface area contributed by atoms with E-state index < -0.39 is 23.6 Å². The van der Waals surface area contributed by atoms with Crippen LogP contribution in [0, 0.1) is 13.8 Å². The van der Waals surface area contributed by atoms with E-state index in [1.165, 1.54) is 31.4 Å². The van der Waals surface area contributed by atoms with Crippen LogP contribution in [0.15, 0.2) is 60.7 Å². The summed E-state index contributed by atoms with van der Waals surface area (Å²) in [5.41, 5.74) is 15.3. The highest BCUT2D eigenvalue weighted by molar-refractivity contribution is 6.05.